The molecule has 0 heterocycles. The summed E-state index contributed by atoms with van der Waals surface area (Å²) >= 11 is 0. The molecular weight excluding hydrogens is 580 g/mol. The van der Waals surface area contributed by atoms with Gasteiger partial charge < -0.3 is 5.11 Å². The summed E-state index contributed by atoms with van der Waals surface area (Å²) in [5.74, 6) is 8.37. The van der Waals surface area contributed by atoms with Crippen molar-refractivity contribution >= 4 is 0 Å². The Morgan fingerprint density at radius 1 is 0.760 bits per heavy atom. The molecule has 6 rings (SSSR count). The van der Waals surface area contributed by atoms with Crippen LogP contribution in [0.25, 0.3) is 0 Å². The van der Waals surface area contributed by atoms with E-state index < -0.39 is 12.3 Å². The molecule has 0 aromatic heterocycles. The van der Waals surface area contributed by atoms with Crippen LogP contribution in [0.1, 0.15) is 44.9 Å². The van der Waals surface area contributed by atoms with Crippen molar-refractivity contribution in [2.75, 3.05) is 0 Å². The van der Waals surface area contributed by atoms with Gasteiger partial charge >= 0.3 is 0 Å². The molecule has 0 aromatic rings. The number of rotatable bonds is 2. The van der Waals surface area contributed by atoms with Crippen molar-refractivity contribution in [2.24, 2.45) is 65.1 Å². The first-order valence-electron chi connectivity index (χ1n) is 10.1. The normalized spacial score (nSPS) is 57.2. The van der Waals surface area contributed by atoms with Crippen LogP contribution >= 0.6 is 0 Å². The summed E-state index contributed by atoms with van der Waals surface area (Å²) in [6.07, 6.45) is 1.97. The Morgan fingerprint density at radius 3 is 2.00 bits per heavy atom. The molecule has 11 unspecified atom stereocenters. The summed E-state index contributed by atoms with van der Waals surface area (Å²) < 4.78 is 38.3. The molecule has 0 saturated heterocycles. The molecule has 0 amide bonds. The van der Waals surface area contributed by atoms with Crippen molar-refractivity contribution in [3.05, 3.63) is 6.10 Å². The first kappa shape index (κ1) is 16.0. The predicted molar refractivity (Wildman–Crippen MR) is 81.9 cm³/mol. The van der Waals surface area contributed by atoms with Crippen LogP contribution in [-0.4, -0.2) is 11.3 Å². The second kappa shape index (κ2) is 4.72. The molecule has 11 atom stereocenters. The molecule has 6 saturated carbocycles. The largest absolute Gasteiger partial charge is 0.554 e. The number of fused-ring (bicyclic) bond motifs is 16. The molecule has 6 aliphatic carbocycles. The Balaban J connectivity index is 0.00000140. The minimum absolute atomic E-state index is 0. The second-order valence-electron chi connectivity index (χ2n) is 10.0. The molecule has 1 nitrogen and oxygen atoms in total. The van der Waals surface area contributed by atoms with Gasteiger partial charge in [-0.05, 0) is 97.7 Å². The zero-order valence-electron chi connectivity index (χ0n) is 14.6. The number of hydrogen-bond acceptors (Lipinski definition) is 1. The van der Waals surface area contributed by atoms with E-state index in [2.05, 4.69) is 0 Å². The van der Waals surface area contributed by atoms with E-state index >= 15 is 0 Å². The average Bonchev–Trinajstić information content (AvgIpc) is 3.29. The Labute approximate surface area is 141 Å². The number of hydrogen-bond donors (Lipinski definition) is 1. The first-order chi connectivity index (χ1) is 11.4. The van der Waals surface area contributed by atoms with Crippen molar-refractivity contribution in [3.63, 3.8) is 0 Å². The van der Waals surface area contributed by atoms with Gasteiger partial charge in [0.25, 0.3) is 6.18 Å². The van der Waals surface area contributed by atoms with Crippen LogP contribution in [0.15, 0.2) is 0 Å². The van der Waals surface area contributed by atoms with Crippen molar-refractivity contribution in [1.29, 1.82) is 0 Å². The summed E-state index contributed by atoms with van der Waals surface area (Å²) in [6, 6.07) is 0. The second-order valence-corrected chi connectivity index (χ2v) is 10.0. The Morgan fingerprint density at radius 2 is 1.36 bits per heavy atom. The van der Waals surface area contributed by atoms with Gasteiger partial charge in [-0.15, -0.1) is 6.42 Å². The van der Waals surface area contributed by atoms with Crippen LogP contribution in [-0.2, 0) is 0 Å². The zero-order valence-corrected chi connectivity index (χ0v) is 21.0. The maximum Gasteiger partial charge on any atom is 0.294 e. The van der Waals surface area contributed by atoms with Gasteiger partial charge in [-0.3, -0.25) is 0 Å². The molecule has 6 aliphatic rings. The smallest absolute Gasteiger partial charge is 0.294 e. The Hall–Kier alpha value is -1.25. The fourth-order valence-corrected chi connectivity index (χ4v) is 9.53. The van der Waals surface area contributed by atoms with Crippen LogP contribution in [0.2, 0.25) is 0 Å². The van der Waals surface area contributed by atoms with E-state index in [0.29, 0.717) is 17.8 Å². The fraction of sp³-hybridized carbons (Fsp3) is 0.950. The average molecular weight is 606 g/mol. The summed E-state index contributed by atoms with van der Waals surface area (Å²) in [5.41, 5.74) is 0. The standard InChI is InChI=1S/C20H26F3O.Rf/c21-20(22,23)15(24)6-10-4-11-5-12(10)19-14-7-13(18(11)19)16-8-1-2-9(3-8)17(14)16;/h8-14,16-19,24H,1-7H2;/q-1;. The number of alkyl halides is 3. The predicted octanol–water partition coefficient (Wildman–Crippen LogP) is 5.04. The van der Waals surface area contributed by atoms with Gasteiger partial charge in [-0.25, -0.2) is 13.2 Å². The molecular formula is C20H26F3ORf-. The van der Waals surface area contributed by atoms with Crippen LogP contribution in [0.4, 0.5) is 13.2 Å². The van der Waals surface area contributed by atoms with E-state index in [-0.39, 0.29) is 12.3 Å². The number of aliphatic hydroxyl groups is 1. The molecule has 136 valence electrons. The third-order valence-electron chi connectivity index (χ3n) is 9.62. The number of aliphatic hydroxyl groups excluding tert-OH is 1. The van der Waals surface area contributed by atoms with E-state index in [0.717, 1.165) is 54.3 Å². The molecule has 25 heavy (non-hydrogen) atoms. The van der Waals surface area contributed by atoms with Crippen LogP contribution in [0.5, 0.6) is 0 Å². The van der Waals surface area contributed by atoms with Gasteiger partial charge in [0.2, 0.25) is 0 Å². The molecule has 0 aromatic carbocycles. The summed E-state index contributed by atoms with van der Waals surface area (Å²) in [4.78, 5) is 0. The van der Waals surface area contributed by atoms with Crippen molar-refractivity contribution in [3.8, 4) is 0 Å². The number of halogens is 3. The summed E-state index contributed by atoms with van der Waals surface area (Å²) in [7, 11) is 0. The van der Waals surface area contributed by atoms with E-state index in [4.69, 9.17) is 0 Å². The van der Waals surface area contributed by atoms with Gasteiger partial charge in [0.15, 0.2) is 0 Å². The van der Waals surface area contributed by atoms with Crippen LogP contribution in [0, 0.1) is 71.2 Å². The van der Waals surface area contributed by atoms with Crippen molar-refractivity contribution in [1.82, 2.24) is 0 Å². The quantitative estimate of drug-likeness (QED) is 0.345. The summed E-state index contributed by atoms with van der Waals surface area (Å²) in [5, 5.41) is 9.47. The van der Waals surface area contributed by atoms with Crippen LogP contribution in [0.3, 0.4) is 0 Å². The topological polar surface area (TPSA) is 20.2 Å². The van der Waals surface area contributed by atoms with Crippen LogP contribution < -0.4 is 0 Å². The molecule has 6 bridgehead atoms. The molecule has 1 N–H and O–H groups in total. The summed E-state index contributed by atoms with van der Waals surface area (Å²) in [6.45, 7) is 0. The van der Waals surface area contributed by atoms with Crippen molar-refractivity contribution in [2.45, 2.75) is 51.1 Å². The zero-order chi connectivity index (χ0) is 16.4. The molecule has 0 spiro atoms. The molecule has 5 heteroatoms. The van der Waals surface area contributed by atoms with Gasteiger partial charge in [0, 0.05) is 0 Å². The minimum atomic E-state index is -4.52. The Bertz CT molecular complexity index is 566. The third-order valence-corrected chi connectivity index (χ3v) is 9.62. The maximum absolute atomic E-state index is 12.8. The third kappa shape index (κ3) is 1.80. The fourth-order valence-electron chi connectivity index (χ4n) is 9.53. The first-order valence-corrected chi connectivity index (χ1v) is 10.1. The SMILES string of the molecule is O[C-](CC1CC2CC1C1C3CC(C4C5CCC(C5)C34)C21)C(F)(F)F.[Rf]. The van der Waals surface area contributed by atoms with E-state index in [1.54, 1.807) is 0 Å². The van der Waals surface area contributed by atoms with E-state index in [1.165, 1.54) is 25.7 Å². The van der Waals surface area contributed by atoms with Gasteiger partial charge in [0.1, 0.15) is 0 Å². The van der Waals surface area contributed by atoms with Gasteiger partial charge in [-0.2, -0.15) is 0 Å². The van der Waals surface area contributed by atoms with Gasteiger partial charge in [0.05, 0.1) is 0 Å². The monoisotopic (exact) mass is 606 g/mol. The van der Waals surface area contributed by atoms with E-state index in [1.807, 2.05) is 0 Å². The maximum atomic E-state index is 12.8. The Kier molecular flexibility index (Phi) is 3.01. The van der Waals surface area contributed by atoms with Crippen molar-refractivity contribution < 1.29 is 18.3 Å². The molecule has 0 aliphatic heterocycles. The minimum Gasteiger partial charge on any atom is -0.554 e. The van der Waals surface area contributed by atoms with E-state index in [9.17, 15) is 18.3 Å². The molecule has 0 radical (unpaired) electrons. The molecule has 6 fully saturated rings. The van der Waals surface area contributed by atoms with Gasteiger partial charge in [-0.1, -0.05) is 12.0 Å².